The van der Waals surface area contributed by atoms with Crippen molar-refractivity contribution in [1.82, 2.24) is 4.90 Å². The molecular weight excluding hydrogens is 346 g/mol. The number of morpholine rings is 1. The molecule has 2 rings (SSSR count). The molecule has 1 aliphatic heterocycles. The van der Waals surface area contributed by atoms with E-state index in [1.165, 1.54) is 7.11 Å². The summed E-state index contributed by atoms with van der Waals surface area (Å²) in [7, 11) is 1.24. The Kier molecular flexibility index (Phi) is 6.15. The first-order valence-electron chi connectivity index (χ1n) is 7.92. The minimum atomic E-state index is -0.649. The number of thiophene rings is 1. The van der Waals surface area contributed by atoms with Gasteiger partial charge in [-0.3, -0.25) is 14.5 Å². The highest BCUT2D eigenvalue weighted by atomic mass is 32.1. The highest BCUT2D eigenvalue weighted by Gasteiger charge is 2.27. The standard InChI is InChI=1S/C16H23N3O5S/c1-8-5-19(6-9(2)24-8)7-11(20)18-15-12(16(22)23-4)10(3)13(25-15)14(17)21/h8-9H,5-7H2,1-4H3,(H2,17,21)(H,18,20)/t8-,9-/m1/s1. The van der Waals surface area contributed by atoms with E-state index in [4.69, 9.17) is 15.2 Å². The van der Waals surface area contributed by atoms with Gasteiger partial charge in [0.15, 0.2) is 0 Å². The van der Waals surface area contributed by atoms with E-state index in [0.29, 0.717) is 18.7 Å². The van der Waals surface area contributed by atoms with Crippen LogP contribution in [0.1, 0.15) is 39.4 Å². The predicted molar refractivity (Wildman–Crippen MR) is 94.0 cm³/mol. The molecule has 1 fully saturated rings. The van der Waals surface area contributed by atoms with Crippen molar-refractivity contribution in [2.45, 2.75) is 33.0 Å². The molecule has 0 bridgehead atoms. The lowest BCUT2D eigenvalue weighted by atomic mass is 10.1. The molecule has 0 aromatic carbocycles. The van der Waals surface area contributed by atoms with Crippen LogP contribution in [0.5, 0.6) is 0 Å². The second kappa shape index (κ2) is 7.94. The first-order valence-corrected chi connectivity index (χ1v) is 8.73. The lowest BCUT2D eigenvalue weighted by molar-refractivity contribution is -0.121. The van der Waals surface area contributed by atoms with Gasteiger partial charge in [-0.25, -0.2) is 4.79 Å². The zero-order valence-electron chi connectivity index (χ0n) is 14.8. The minimum absolute atomic E-state index is 0.0487. The molecule has 1 saturated heterocycles. The van der Waals surface area contributed by atoms with E-state index in [1.807, 2.05) is 18.7 Å². The Morgan fingerprint density at radius 2 is 1.92 bits per heavy atom. The second-order valence-electron chi connectivity index (χ2n) is 6.12. The van der Waals surface area contributed by atoms with Crippen molar-refractivity contribution in [2.24, 2.45) is 5.73 Å². The molecule has 138 valence electrons. The third kappa shape index (κ3) is 4.56. The summed E-state index contributed by atoms with van der Waals surface area (Å²) < 4.78 is 10.4. The highest BCUT2D eigenvalue weighted by Crippen LogP contribution is 2.33. The number of esters is 1. The summed E-state index contributed by atoms with van der Waals surface area (Å²) >= 11 is 0.979. The summed E-state index contributed by atoms with van der Waals surface area (Å²) in [5.41, 5.74) is 5.91. The third-order valence-electron chi connectivity index (χ3n) is 3.88. The number of primary amides is 1. The predicted octanol–water partition coefficient (Wildman–Crippen LogP) is 0.990. The maximum atomic E-state index is 12.4. The maximum absolute atomic E-state index is 12.4. The van der Waals surface area contributed by atoms with Gasteiger partial charge in [0.05, 0.1) is 36.3 Å². The number of carbonyl (C=O) groups excluding carboxylic acids is 3. The number of hydrogen-bond donors (Lipinski definition) is 2. The number of hydrogen-bond acceptors (Lipinski definition) is 7. The van der Waals surface area contributed by atoms with Crippen molar-refractivity contribution in [1.29, 1.82) is 0 Å². The fourth-order valence-corrected chi connectivity index (χ4v) is 4.03. The molecule has 8 nitrogen and oxygen atoms in total. The number of nitrogens with one attached hydrogen (secondary N) is 1. The Labute approximate surface area is 150 Å². The summed E-state index contributed by atoms with van der Waals surface area (Å²) in [4.78, 5) is 38.1. The number of nitrogens with two attached hydrogens (primary N) is 1. The Morgan fingerprint density at radius 3 is 2.44 bits per heavy atom. The van der Waals surface area contributed by atoms with Crippen molar-refractivity contribution >= 4 is 34.1 Å². The highest BCUT2D eigenvalue weighted by molar-refractivity contribution is 7.18. The number of methoxy groups -OCH3 is 1. The van der Waals surface area contributed by atoms with Gasteiger partial charge < -0.3 is 20.5 Å². The van der Waals surface area contributed by atoms with E-state index in [2.05, 4.69) is 5.32 Å². The van der Waals surface area contributed by atoms with Crippen LogP contribution in [0.2, 0.25) is 0 Å². The van der Waals surface area contributed by atoms with Crippen molar-refractivity contribution in [3.05, 3.63) is 16.0 Å². The third-order valence-corrected chi connectivity index (χ3v) is 5.10. The van der Waals surface area contributed by atoms with Gasteiger partial charge in [-0.05, 0) is 26.3 Å². The molecule has 25 heavy (non-hydrogen) atoms. The van der Waals surface area contributed by atoms with Gasteiger partial charge in [0, 0.05) is 13.1 Å². The van der Waals surface area contributed by atoms with E-state index in [0.717, 1.165) is 11.3 Å². The number of carbonyl (C=O) groups is 3. The van der Waals surface area contributed by atoms with Crippen LogP contribution >= 0.6 is 11.3 Å². The van der Waals surface area contributed by atoms with E-state index >= 15 is 0 Å². The van der Waals surface area contributed by atoms with E-state index in [-0.39, 0.29) is 40.1 Å². The van der Waals surface area contributed by atoms with E-state index in [1.54, 1.807) is 6.92 Å². The topological polar surface area (TPSA) is 111 Å². The minimum Gasteiger partial charge on any atom is -0.465 e. The van der Waals surface area contributed by atoms with Gasteiger partial charge in [0.2, 0.25) is 5.91 Å². The molecule has 0 radical (unpaired) electrons. The molecule has 0 unspecified atom stereocenters. The van der Waals surface area contributed by atoms with Gasteiger partial charge in [-0.2, -0.15) is 0 Å². The lowest BCUT2D eigenvalue weighted by Crippen LogP contribution is -2.48. The number of ether oxygens (including phenoxy) is 2. The Bertz CT molecular complexity index is 678. The van der Waals surface area contributed by atoms with Crippen LogP contribution < -0.4 is 11.1 Å². The van der Waals surface area contributed by atoms with Crippen LogP contribution in [0.15, 0.2) is 0 Å². The van der Waals surface area contributed by atoms with Gasteiger partial charge in [0.1, 0.15) is 5.00 Å². The van der Waals surface area contributed by atoms with Gasteiger partial charge in [-0.15, -0.1) is 11.3 Å². The zero-order chi connectivity index (χ0) is 18.7. The summed E-state index contributed by atoms with van der Waals surface area (Å²) in [5, 5.41) is 2.98. The van der Waals surface area contributed by atoms with E-state index in [9.17, 15) is 14.4 Å². The first-order chi connectivity index (χ1) is 11.7. The lowest BCUT2D eigenvalue weighted by Gasteiger charge is -2.34. The molecule has 0 saturated carbocycles. The molecule has 2 atom stereocenters. The van der Waals surface area contributed by atoms with Crippen molar-refractivity contribution in [3.8, 4) is 0 Å². The van der Waals surface area contributed by atoms with E-state index < -0.39 is 11.9 Å². The largest absolute Gasteiger partial charge is 0.465 e. The van der Waals surface area contributed by atoms with Crippen LogP contribution in [-0.4, -0.2) is 61.6 Å². The molecule has 3 N–H and O–H groups in total. The monoisotopic (exact) mass is 369 g/mol. The van der Waals surface area contributed by atoms with Crippen molar-refractivity contribution in [2.75, 3.05) is 32.1 Å². The fourth-order valence-electron chi connectivity index (χ4n) is 2.97. The summed E-state index contributed by atoms with van der Waals surface area (Å²) in [6, 6.07) is 0. The summed E-state index contributed by atoms with van der Waals surface area (Å²) in [5.74, 6) is -1.54. The van der Waals surface area contributed by atoms with Crippen molar-refractivity contribution < 1.29 is 23.9 Å². The van der Waals surface area contributed by atoms with Crippen LogP contribution in [0, 0.1) is 6.92 Å². The first kappa shape index (κ1) is 19.4. The molecule has 1 aromatic rings. The fraction of sp³-hybridized carbons (Fsp3) is 0.562. The number of anilines is 1. The van der Waals surface area contributed by atoms with Crippen LogP contribution in [0.25, 0.3) is 0 Å². The zero-order valence-corrected chi connectivity index (χ0v) is 15.6. The molecule has 1 aliphatic rings. The average molecular weight is 369 g/mol. The Hall–Kier alpha value is -1.97. The van der Waals surface area contributed by atoms with Crippen molar-refractivity contribution in [3.63, 3.8) is 0 Å². The SMILES string of the molecule is COC(=O)c1c(NC(=O)CN2C[C@@H](C)O[C@H](C)C2)sc(C(N)=O)c1C. The molecule has 9 heteroatoms. The quantitative estimate of drug-likeness (QED) is 0.749. The number of amides is 2. The number of nitrogens with zero attached hydrogens (tertiary/aromatic N) is 1. The average Bonchev–Trinajstić information content (AvgIpc) is 2.81. The molecule has 0 spiro atoms. The summed E-state index contributed by atoms with van der Waals surface area (Å²) in [6.45, 7) is 6.98. The Balaban J connectivity index is 2.15. The molecule has 2 amide bonds. The second-order valence-corrected chi connectivity index (χ2v) is 7.14. The van der Waals surface area contributed by atoms with Gasteiger partial charge in [0.25, 0.3) is 5.91 Å². The number of rotatable bonds is 5. The van der Waals surface area contributed by atoms with Crippen LogP contribution in [0.3, 0.4) is 0 Å². The molecule has 0 aliphatic carbocycles. The molecule has 2 heterocycles. The van der Waals surface area contributed by atoms with Crippen LogP contribution in [-0.2, 0) is 14.3 Å². The molecular formula is C16H23N3O5S. The maximum Gasteiger partial charge on any atom is 0.341 e. The van der Waals surface area contributed by atoms with Gasteiger partial charge in [-0.1, -0.05) is 0 Å². The summed E-state index contributed by atoms with van der Waals surface area (Å²) in [6.07, 6.45) is 0.0975. The Morgan fingerprint density at radius 1 is 1.32 bits per heavy atom. The van der Waals surface area contributed by atoms with Crippen LogP contribution in [0.4, 0.5) is 5.00 Å². The normalized spacial score (nSPS) is 21.0. The molecule has 1 aromatic heterocycles. The van der Waals surface area contributed by atoms with Gasteiger partial charge >= 0.3 is 5.97 Å². The smallest absolute Gasteiger partial charge is 0.341 e.